The zero-order valence-electron chi connectivity index (χ0n) is 16.7. The van der Waals surface area contributed by atoms with E-state index in [-0.39, 0.29) is 24.4 Å². The molecule has 0 aromatic carbocycles. The van der Waals surface area contributed by atoms with E-state index < -0.39 is 42.0 Å². The van der Waals surface area contributed by atoms with Gasteiger partial charge in [0.1, 0.15) is 11.7 Å². The second-order valence-corrected chi connectivity index (χ2v) is 9.82. The van der Waals surface area contributed by atoms with Crippen LogP contribution < -0.4 is 0 Å². The van der Waals surface area contributed by atoms with E-state index in [4.69, 9.17) is 0 Å². The molecule has 5 rings (SSSR count). The minimum atomic E-state index is -5.09. The Balaban J connectivity index is 1.37. The largest absolute Gasteiger partial charge is 0.477 e. The molecule has 33 heavy (non-hydrogen) atoms. The van der Waals surface area contributed by atoms with Crippen LogP contribution in [0.1, 0.15) is 6.42 Å². The van der Waals surface area contributed by atoms with Gasteiger partial charge in [-0.25, -0.2) is 9.78 Å². The van der Waals surface area contributed by atoms with E-state index in [1.165, 1.54) is 23.1 Å². The smallest absolute Gasteiger partial charge is 0.471 e. The molecule has 2 aromatic heterocycles. The van der Waals surface area contributed by atoms with Crippen LogP contribution in [0, 0.1) is 5.92 Å². The molecule has 0 spiro atoms. The summed E-state index contributed by atoms with van der Waals surface area (Å²) in [7, 11) is 0. The molecule has 172 valence electrons. The lowest BCUT2D eigenvalue weighted by molar-refractivity contribution is -0.198. The van der Waals surface area contributed by atoms with Crippen molar-refractivity contribution in [2.45, 2.75) is 29.0 Å². The number of piperidine rings is 1. The number of amides is 2. The van der Waals surface area contributed by atoms with Crippen molar-refractivity contribution in [3.05, 3.63) is 41.2 Å². The molecular weight excluding hydrogens is 481 g/mol. The summed E-state index contributed by atoms with van der Waals surface area (Å²) in [6, 6.07) is 1.59. The second kappa shape index (κ2) is 7.83. The molecule has 2 amide bonds. The fourth-order valence-electron chi connectivity index (χ4n) is 4.69. The Morgan fingerprint density at radius 1 is 1.33 bits per heavy atom. The molecule has 1 unspecified atom stereocenters. The molecule has 0 radical (unpaired) electrons. The molecule has 3 aliphatic rings. The molecule has 5 heterocycles. The highest BCUT2D eigenvalue weighted by Gasteiger charge is 2.65. The van der Waals surface area contributed by atoms with E-state index in [2.05, 4.69) is 9.97 Å². The van der Waals surface area contributed by atoms with Gasteiger partial charge in [0.05, 0.1) is 11.7 Å². The Morgan fingerprint density at radius 2 is 2.12 bits per heavy atom. The van der Waals surface area contributed by atoms with Gasteiger partial charge in [-0.3, -0.25) is 19.5 Å². The van der Waals surface area contributed by atoms with Crippen molar-refractivity contribution in [1.82, 2.24) is 19.8 Å². The zero-order valence-corrected chi connectivity index (χ0v) is 18.3. The molecule has 2 fully saturated rings. The quantitative estimate of drug-likeness (QED) is 0.501. The third-order valence-corrected chi connectivity index (χ3v) is 8.10. The number of pyridine rings is 1. The lowest BCUT2D eigenvalue weighted by Gasteiger charge is -2.53. The molecule has 2 aromatic rings. The van der Waals surface area contributed by atoms with E-state index in [9.17, 15) is 32.7 Å². The van der Waals surface area contributed by atoms with Crippen LogP contribution in [-0.4, -0.2) is 73.2 Å². The number of alkyl halides is 3. The lowest BCUT2D eigenvalue weighted by atomic mass is 9.78. The van der Waals surface area contributed by atoms with Crippen molar-refractivity contribution < 1.29 is 32.7 Å². The molecule has 1 N–H and O–H groups in total. The summed E-state index contributed by atoms with van der Waals surface area (Å²) >= 11 is 2.69. The number of carbonyl (C=O) groups is 3. The normalized spacial score (nSPS) is 24.1. The highest BCUT2D eigenvalue weighted by atomic mass is 32.2. The van der Waals surface area contributed by atoms with Crippen LogP contribution in [0.3, 0.4) is 0 Å². The standard InChI is InChI=1S/C20H15F3N4O4S2/c21-20(22,23)18(31)26-5-3-10-11(14(17(29)30)27-13(10)15(26)16(27)28)7-32-19-25-12(8-33-19)9-2-1-4-24-6-9/h1-2,4,6,8,10,13,15H,3,5,7H2,(H,29,30)/t10?,13-,15+/m1/s1. The van der Waals surface area contributed by atoms with Gasteiger partial charge in [0.15, 0.2) is 4.34 Å². The van der Waals surface area contributed by atoms with E-state index in [1.807, 2.05) is 11.4 Å². The Kier molecular flexibility index (Phi) is 5.20. The molecule has 13 heteroatoms. The van der Waals surface area contributed by atoms with Gasteiger partial charge in [-0.2, -0.15) is 13.2 Å². The van der Waals surface area contributed by atoms with Gasteiger partial charge in [-0.15, -0.1) is 11.3 Å². The Bertz CT molecular complexity index is 1180. The summed E-state index contributed by atoms with van der Waals surface area (Å²) in [6.07, 6.45) is -1.61. The molecule has 3 atom stereocenters. The maximum atomic E-state index is 13.0. The molecule has 2 saturated heterocycles. The second-order valence-electron chi connectivity index (χ2n) is 7.74. The lowest BCUT2D eigenvalue weighted by Crippen LogP contribution is -2.74. The number of thioether (sulfide) groups is 1. The van der Waals surface area contributed by atoms with Crippen molar-refractivity contribution in [2.75, 3.05) is 12.3 Å². The van der Waals surface area contributed by atoms with Crippen LogP contribution in [0.5, 0.6) is 0 Å². The van der Waals surface area contributed by atoms with Crippen molar-refractivity contribution >= 4 is 40.9 Å². The summed E-state index contributed by atoms with van der Waals surface area (Å²) in [6.45, 7) is -0.257. The topological polar surface area (TPSA) is 104 Å². The minimum Gasteiger partial charge on any atom is -0.477 e. The summed E-state index contributed by atoms with van der Waals surface area (Å²) in [5.74, 6) is -4.35. The zero-order chi connectivity index (χ0) is 23.5. The van der Waals surface area contributed by atoms with Gasteiger partial charge in [0.2, 0.25) is 0 Å². The number of thiazole rings is 1. The van der Waals surface area contributed by atoms with E-state index in [0.29, 0.717) is 14.8 Å². The average molecular weight is 496 g/mol. The van der Waals surface area contributed by atoms with Gasteiger partial charge in [0.25, 0.3) is 5.91 Å². The third kappa shape index (κ3) is 3.50. The fraction of sp³-hybridized carbons (Fsp3) is 0.350. The first-order valence-electron chi connectivity index (χ1n) is 9.84. The summed E-state index contributed by atoms with van der Waals surface area (Å²) < 4.78 is 39.6. The summed E-state index contributed by atoms with van der Waals surface area (Å²) in [5.41, 5.74) is 1.87. The monoisotopic (exact) mass is 496 g/mol. The van der Waals surface area contributed by atoms with Gasteiger partial charge in [-0.05, 0) is 24.1 Å². The van der Waals surface area contributed by atoms with Crippen LogP contribution >= 0.6 is 23.1 Å². The Hall–Kier alpha value is -2.93. The van der Waals surface area contributed by atoms with Crippen LogP contribution in [0.2, 0.25) is 0 Å². The SMILES string of the molecule is O=C(O)C1=C(CSc2nc(-c3cccnc3)cs2)C2CCN(C(=O)C(F)(F)F)[C@@H]3C(=O)N1[C@H]23. The Labute approximate surface area is 193 Å². The molecular formula is C20H15F3N4O4S2. The van der Waals surface area contributed by atoms with E-state index in [1.54, 1.807) is 18.5 Å². The number of carboxylic acid groups (broad SMARTS) is 1. The molecule has 0 saturated carbocycles. The van der Waals surface area contributed by atoms with Crippen LogP contribution in [-0.2, 0) is 14.4 Å². The number of likely N-dealkylation sites (tertiary alicyclic amines) is 1. The number of carbonyl (C=O) groups excluding carboxylic acids is 2. The molecule has 0 aliphatic carbocycles. The number of aromatic nitrogens is 2. The van der Waals surface area contributed by atoms with Gasteiger partial charge in [0, 0.05) is 41.6 Å². The van der Waals surface area contributed by atoms with Crippen molar-refractivity contribution in [3.8, 4) is 11.3 Å². The van der Waals surface area contributed by atoms with E-state index >= 15 is 0 Å². The van der Waals surface area contributed by atoms with Gasteiger partial charge >= 0.3 is 18.1 Å². The number of rotatable bonds is 5. The fourth-order valence-corrected chi connectivity index (χ4v) is 6.62. The number of β-lactam (4-membered cyclic amide) rings is 1. The maximum absolute atomic E-state index is 13.0. The van der Waals surface area contributed by atoms with Crippen LogP contribution in [0.4, 0.5) is 13.2 Å². The molecule has 8 nitrogen and oxygen atoms in total. The highest BCUT2D eigenvalue weighted by Crippen LogP contribution is 2.50. The first kappa shape index (κ1) is 21.9. The molecule has 3 aliphatic heterocycles. The molecule has 0 bridgehead atoms. The summed E-state index contributed by atoms with van der Waals surface area (Å²) in [5, 5.41) is 11.6. The Morgan fingerprint density at radius 3 is 2.79 bits per heavy atom. The number of hydrogen-bond donors (Lipinski definition) is 1. The summed E-state index contributed by atoms with van der Waals surface area (Å²) in [4.78, 5) is 46.6. The number of nitrogens with zero attached hydrogens (tertiary/aromatic N) is 4. The third-order valence-electron chi connectivity index (χ3n) is 6.03. The predicted octanol–water partition coefficient (Wildman–Crippen LogP) is 2.64. The number of hydrogen-bond acceptors (Lipinski definition) is 7. The van der Waals surface area contributed by atoms with Gasteiger partial charge < -0.3 is 10.0 Å². The van der Waals surface area contributed by atoms with Gasteiger partial charge in [-0.1, -0.05) is 11.8 Å². The number of carboxylic acids is 1. The van der Waals surface area contributed by atoms with Crippen molar-refractivity contribution in [2.24, 2.45) is 5.92 Å². The number of halogens is 3. The maximum Gasteiger partial charge on any atom is 0.471 e. The van der Waals surface area contributed by atoms with Crippen molar-refractivity contribution in [1.29, 1.82) is 0 Å². The highest BCUT2D eigenvalue weighted by molar-refractivity contribution is 8.01. The van der Waals surface area contributed by atoms with Crippen LogP contribution in [0.15, 0.2) is 45.5 Å². The first-order chi connectivity index (χ1) is 15.7. The first-order valence-corrected chi connectivity index (χ1v) is 11.7. The van der Waals surface area contributed by atoms with E-state index in [0.717, 1.165) is 16.2 Å². The van der Waals surface area contributed by atoms with Crippen molar-refractivity contribution in [3.63, 3.8) is 0 Å². The van der Waals surface area contributed by atoms with Crippen LogP contribution in [0.25, 0.3) is 11.3 Å². The average Bonchev–Trinajstić information content (AvgIpc) is 3.38. The predicted molar refractivity (Wildman–Crippen MR) is 111 cm³/mol. The number of aliphatic carboxylic acids is 1. The minimum absolute atomic E-state index is 0.151.